The molecule has 3 nitrogen and oxygen atoms in total. The highest BCUT2D eigenvalue weighted by Crippen LogP contribution is 2.47. The highest BCUT2D eigenvalue weighted by molar-refractivity contribution is 6.06. The van der Waals surface area contributed by atoms with Crippen molar-refractivity contribution in [3.63, 3.8) is 0 Å². The maximum atomic E-state index is 12.7. The van der Waals surface area contributed by atoms with Gasteiger partial charge in [-0.05, 0) is 37.0 Å². The molecule has 1 spiro atoms. The number of ketones is 2. The van der Waals surface area contributed by atoms with Gasteiger partial charge in [0.1, 0.15) is 11.5 Å². The summed E-state index contributed by atoms with van der Waals surface area (Å²) < 4.78 is 17.6. The lowest BCUT2D eigenvalue weighted by Crippen LogP contribution is -2.33. The van der Waals surface area contributed by atoms with Gasteiger partial charge in [-0.15, -0.1) is 0 Å². The van der Waals surface area contributed by atoms with Crippen LogP contribution in [0, 0.1) is 5.41 Å². The van der Waals surface area contributed by atoms with Crippen molar-refractivity contribution in [1.82, 2.24) is 0 Å². The Balaban J connectivity index is 1.78. The van der Waals surface area contributed by atoms with Gasteiger partial charge in [-0.2, -0.15) is 0 Å². The number of Topliss-reactive ketones (excluding diaryl/α,β-unsaturated/α-hetero) is 2. The summed E-state index contributed by atoms with van der Waals surface area (Å²) in [5.41, 5.74) is 1.41. The number of benzene rings is 1. The van der Waals surface area contributed by atoms with E-state index in [2.05, 4.69) is 0 Å². The molecule has 0 heterocycles. The lowest BCUT2D eigenvalue weighted by atomic mass is 9.71. The first kappa shape index (κ1) is 14.2. The molecule has 0 N–H and O–H groups in total. The van der Waals surface area contributed by atoms with Gasteiger partial charge in [-0.1, -0.05) is 6.07 Å². The molecule has 2 aliphatic rings. The van der Waals surface area contributed by atoms with E-state index >= 15 is 0 Å². The number of ether oxygens (including phenoxy) is 1. The third-order valence-corrected chi connectivity index (χ3v) is 4.65. The second kappa shape index (κ2) is 5.58. The second-order valence-electron chi connectivity index (χ2n) is 6.03. The highest BCUT2D eigenvalue weighted by atomic mass is 19.1. The third-order valence-electron chi connectivity index (χ3n) is 4.65. The molecule has 1 fully saturated rings. The summed E-state index contributed by atoms with van der Waals surface area (Å²) in [5.74, 6) is 1.04. The van der Waals surface area contributed by atoms with Crippen LogP contribution >= 0.6 is 0 Å². The molecule has 112 valence electrons. The topological polar surface area (TPSA) is 43.4 Å². The molecule has 0 unspecified atom stereocenters. The zero-order chi connectivity index (χ0) is 14.9. The normalized spacial score (nSPS) is 19.9. The fourth-order valence-electron chi connectivity index (χ4n) is 3.40. The Labute approximate surface area is 123 Å². The summed E-state index contributed by atoms with van der Waals surface area (Å²) in [6, 6.07) is 5.56. The summed E-state index contributed by atoms with van der Waals surface area (Å²) in [6.07, 6.45) is 3.45. The fourth-order valence-corrected chi connectivity index (χ4v) is 3.40. The minimum atomic E-state index is -0.402. The van der Waals surface area contributed by atoms with Crippen molar-refractivity contribution in [2.24, 2.45) is 5.41 Å². The number of carbonyl (C=O) groups is 2. The van der Waals surface area contributed by atoms with Crippen molar-refractivity contribution >= 4 is 11.6 Å². The molecule has 0 radical (unpaired) electrons. The fraction of sp³-hybridized carbons (Fsp3) is 0.529. The first-order valence-electron chi connectivity index (χ1n) is 7.53. The largest absolute Gasteiger partial charge is 0.493 e. The average molecular weight is 290 g/mol. The Morgan fingerprint density at radius 3 is 2.67 bits per heavy atom. The summed E-state index contributed by atoms with van der Waals surface area (Å²) in [6.45, 7) is -0.0792. The van der Waals surface area contributed by atoms with Gasteiger partial charge in [0.05, 0.1) is 13.3 Å². The standard InChI is InChI=1S/C17H19FO3/c18-8-1-9-21-14-3-2-12-11-17(16(20)15(12)10-14)6-4-13(19)5-7-17/h2-3,10H,1,4-9,11H2. The monoisotopic (exact) mass is 290 g/mol. The minimum absolute atomic E-state index is 0.154. The van der Waals surface area contributed by atoms with Crippen molar-refractivity contribution < 1.29 is 18.7 Å². The molecule has 2 aliphatic carbocycles. The number of halogens is 1. The van der Waals surface area contributed by atoms with Crippen LogP contribution in [-0.2, 0) is 11.2 Å². The average Bonchev–Trinajstić information content (AvgIpc) is 2.76. The van der Waals surface area contributed by atoms with Gasteiger partial charge in [0.25, 0.3) is 0 Å². The first-order chi connectivity index (χ1) is 10.1. The predicted molar refractivity (Wildman–Crippen MR) is 76.5 cm³/mol. The SMILES string of the molecule is O=C1CCC2(CC1)Cc1ccc(OCCCF)cc1C2=O. The molecular weight excluding hydrogens is 271 g/mol. The Morgan fingerprint density at radius 1 is 1.19 bits per heavy atom. The van der Waals surface area contributed by atoms with E-state index in [1.807, 2.05) is 12.1 Å². The van der Waals surface area contributed by atoms with Gasteiger partial charge in [0.2, 0.25) is 0 Å². The van der Waals surface area contributed by atoms with E-state index in [1.165, 1.54) is 0 Å². The van der Waals surface area contributed by atoms with Crippen molar-refractivity contribution in [2.75, 3.05) is 13.3 Å². The van der Waals surface area contributed by atoms with Crippen LogP contribution in [0.4, 0.5) is 4.39 Å². The Morgan fingerprint density at radius 2 is 1.95 bits per heavy atom. The number of rotatable bonds is 4. The molecule has 3 rings (SSSR count). The molecule has 4 heteroatoms. The molecular formula is C17H19FO3. The number of hydrogen-bond acceptors (Lipinski definition) is 3. The first-order valence-corrected chi connectivity index (χ1v) is 7.53. The molecule has 0 amide bonds. The van der Waals surface area contributed by atoms with Crippen LogP contribution in [0.5, 0.6) is 5.75 Å². The van der Waals surface area contributed by atoms with Crippen LogP contribution in [-0.4, -0.2) is 24.8 Å². The van der Waals surface area contributed by atoms with Gasteiger partial charge in [0.15, 0.2) is 5.78 Å². The summed E-state index contributed by atoms with van der Waals surface area (Å²) in [7, 11) is 0. The van der Waals surface area contributed by atoms with Gasteiger partial charge < -0.3 is 4.74 Å². The summed E-state index contributed by atoms with van der Waals surface area (Å²) in [5, 5.41) is 0. The van der Waals surface area contributed by atoms with Gasteiger partial charge in [-0.3, -0.25) is 14.0 Å². The Kier molecular flexibility index (Phi) is 3.79. The zero-order valence-electron chi connectivity index (χ0n) is 12.0. The van der Waals surface area contributed by atoms with Crippen molar-refractivity contribution in [3.8, 4) is 5.75 Å². The van der Waals surface area contributed by atoms with Crippen molar-refractivity contribution in [1.29, 1.82) is 0 Å². The predicted octanol–water partition coefficient (Wildman–Crippen LogP) is 3.29. The molecule has 0 bridgehead atoms. The van der Waals surface area contributed by atoms with Crippen LogP contribution in [0.2, 0.25) is 0 Å². The van der Waals surface area contributed by atoms with Crippen LogP contribution < -0.4 is 4.74 Å². The summed E-state index contributed by atoms with van der Waals surface area (Å²) >= 11 is 0. The van der Waals surface area contributed by atoms with Crippen molar-refractivity contribution in [3.05, 3.63) is 29.3 Å². The second-order valence-corrected chi connectivity index (χ2v) is 6.03. The van der Waals surface area contributed by atoms with Crippen LogP contribution in [0.3, 0.4) is 0 Å². The molecule has 1 aromatic rings. The number of alkyl halides is 1. The molecule has 0 saturated heterocycles. The lowest BCUT2D eigenvalue weighted by molar-refractivity contribution is -0.121. The maximum absolute atomic E-state index is 12.7. The molecule has 1 aromatic carbocycles. The van der Waals surface area contributed by atoms with Crippen LogP contribution in [0.15, 0.2) is 18.2 Å². The minimum Gasteiger partial charge on any atom is -0.493 e. The highest BCUT2D eigenvalue weighted by Gasteiger charge is 2.47. The van der Waals surface area contributed by atoms with Gasteiger partial charge in [-0.25, -0.2) is 0 Å². The van der Waals surface area contributed by atoms with Gasteiger partial charge >= 0.3 is 0 Å². The van der Waals surface area contributed by atoms with Crippen LogP contribution in [0.25, 0.3) is 0 Å². The quantitative estimate of drug-likeness (QED) is 0.799. The molecule has 21 heavy (non-hydrogen) atoms. The molecule has 0 aliphatic heterocycles. The van der Waals surface area contributed by atoms with E-state index in [1.54, 1.807) is 6.07 Å². The van der Waals surface area contributed by atoms with E-state index in [0.29, 0.717) is 44.5 Å². The molecule has 0 aromatic heterocycles. The van der Waals surface area contributed by atoms with Gasteiger partial charge in [0, 0.05) is 30.2 Å². The number of hydrogen-bond donors (Lipinski definition) is 0. The number of fused-ring (bicyclic) bond motifs is 1. The van der Waals surface area contributed by atoms with E-state index in [9.17, 15) is 14.0 Å². The van der Waals surface area contributed by atoms with E-state index < -0.39 is 6.67 Å². The van der Waals surface area contributed by atoms with E-state index in [-0.39, 0.29) is 17.0 Å². The molecule has 1 saturated carbocycles. The maximum Gasteiger partial charge on any atom is 0.169 e. The lowest BCUT2D eigenvalue weighted by Gasteiger charge is -2.30. The zero-order valence-corrected chi connectivity index (χ0v) is 12.0. The smallest absolute Gasteiger partial charge is 0.169 e. The Bertz CT molecular complexity index is 569. The van der Waals surface area contributed by atoms with Crippen molar-refractivity contribution in [2.45, 2.75) is 38.5 Å². The Hall–Kier alpha value is -1.71. The molecule has 0 atom stereocenters. The van der Waals surface area contributed by atoms with E-state index in [0.717, 1.165) is 17.5 Å². The number of carbonyl (C=O) groups excluding carboxylic acids is 2. The van der Waals surface area contributed by atoms with E-state index in [4.69, 9.17) is 4.74 Å². The third kappa shape index (κ3) is 2.59. The summed E-state index contributed by atoms with van der Waals surface area (Å²) in [4.78, 5) is 24.2. The van der Waals surface area contributed by atoms with Crippen LogP contribution in [0.1, 0.15) is 48.0 Å².